The van der Waals surface area contributed by atoms with Crippen molar-refractivity contribution in [2.45, 2.75) is 70.2 Å². The second-order valence-corrected chi connectivity index (χ2v) is 7.31. The molecule has 0 saturated heterocycles. The molecular formula is C19H25F3N2O2. The number of alkyl halides is 3. The SMILES string of the molecule is O=C(NCc1cccnc1OC1CCCC1)[C@H]1CCC[C@H](C(F)(F)F)C1. The molecule has 1 N–H and O–H groups in total. The van der Waals surface area contributed by atoms with E-state index in [1.54, 1.807) is 12.3 Å². The molecule has 1 amide bonds. The lowest BCUT2D eigenvalue weighted by Crippen LogP contribution is -2.37. The van der Waals surface area contributed by atoms with Gasteiger partial charge in [0.25, 0.3) is 0 Å². The average Bonchev–Trinajstić information content (AvgIpc) is 3.13. The molecule has 0 aliphatic heterocycles. The third-order valence-electron chi connectivity index (χ3n) is 5.39. The number of carbonyl (C=O) groups is 1. The van der Waals surface area contributed by atoms with Crippen LogP contribution in [0.5, 0.6) is 5.88 Å². The molecule has 26 heavy (non-hydrogen) atoms. The minimum Gasteiger partial charge on any atom is -0.474 e. The molecule has 0 radical (unpaired) electrons. The highest BCUT2D eigenvalue weighted by Crippen LogP contribution is 2.40. The Morgan fingerprint density at radius 1 is 1.19 bits per heavy atom. The molecular weight excluding hydrogens is 345 g/mol. The summed E-state index contributed by atoms with van der Waals surface area (Å²) in [6.45, 7) is 0.224. The molecule has 4 nitrogen and oxygen atoms in total. The first kappa shape index (κ1) is 19.0. The van der Waals surface area contributed by atoms with Crippen molar-refractivity contribution in [2.24, 2.45) is 11.8 Å². The van der Waals surface area contributed by atoms with E-state index in [4.69, 9.17) is 4.74 Å². The molecule has 2 fully saturated rings. The van der Waals surface area contributed by atoms with E-state index in [-0.39, 0.29) is 31.4 Å². The van der Waals surface area contributed by atoms with Gasteiger partial charge < -0.3 is 10.1 Å². The van der Waals surface area contributed by atoms with Gasteiger partial charge in [0.15, 0.2) is 0 Å². The highest BCUT2D eigenvalue weighted by Gasteiger charge is 2.43. The molecule has 0 aromatic carbocycles. The van der Waals surface area contributed by atoms with Gasteiger partial charge in [-0.3, -0.25) is 4.79 Å². The number of aromatic nitrogens is 1. The molecule has 2 aliphatic carbocycles. The topological polar surface area (TPSA) is 51.2 Å². The fourth-order valence-corrected chi connectivity index (χ4v) is 3.88. The van der Waals surface area contributed by atoms with Gasteiger partial charge in [-0.05, 0) is 51.0 Å². The number of nitrogens with zero attached hydrogens (tertiary/aromatic N) is 1. The largest absolute Gasteiger partial charge is 0.474 e. The lowest BCUT2D eigenvalue weighted by molar-refractivity contribution is -0.186. The summed E-state index contributed by atoms with van der Waals surface area (Å²) in [5, 5.41) is 2.78. The lowest BCUT2D eigenvalue weighted by atomic mass is 9.80. The molecule has 0 spiro atoms. The zero-order valence-electron chi connectivity index (χ0n) is 14.7. The monoisotopic (exact) mass is 370 g/mol. The molecule has 0 bridgehead atoms. The van der Waals surface area contributed by atoms with Gasteiger partial charge in [-0.2, -0.15) is 13.2 Å². The van der Waals surface area contributed by atoms with E-state index in [0.29, 0.717) is 18.7 Å². The second-order valence-electron chi connectivity index (χ2n) is 7.31. The van der Waals surface area contributed by atoms with Crippen LogP contribution < -0.4 is 10.1 Å². The maximum absolute atomic E-state index is 12.9. The summed E-state index contributed by atoms with van der Waals surface area (Å²) in [5.41, 5.74) is 0.760. The van der Waals surface area contributed by atoms with E-state index in [9.17, 15) is 18.0 Å². The number of carbonyl (C=O) groups excluding carboxylic acids is 1. The zero-order valence-corrected chi connectivity index (χ0v) is 14.7. The molecule has 2 atom stereocenters. The van der Waals surface area contributed by atoms with Crippen molar-refractivity contribution in [2.75, 3.05) is 0 Å². The number of pyridine rings is 1. The summed E-state index contributed by atoms with van der Waals surface area (Å²) >= 11 is 0. The Labute approximate surface area is 151 Å². The summed E-state index contributed by atoms with van der Waals surface area (Å²) < 4.78 is 44.7. The number of amides is 1. The normalized spacial score (nSPS) is 24.4. The summed E-state index contributed by atoms with van der Waals surface area (Å²) in [4.78, 5) is 16.6. The average molecular weight is 370 g/mol. The smallest absolute Gasteiger partial charge is 0.391 e. The van der Waals surface area contributed by atoms with Gasteiger partial charge in [0.2, 0.25) is 11.8 Å². The van der Waals surface area contributed by atoms with Crippen LogP contribution in [0.15, 0.2) is 18.3 Å². The van der Waals surface area contributed by atoms with Crippen molar-refractivity contribution in [3.63, 3.8) is 0 Å². The third-order valence-corrected chi connectivity index (χ3v) is 5.39. The summed E-state index contributed by atoms with van der Waals surface area (Å²) in [7, 11) is 0. The van der Waals surface area contributed by atoms with E-state index in [2.05, 4.69) is 10.3 Å². The highest BCUT2D eigenvalue weighted by molar-refractivity contribution is 5.78. The lowest BCUT2D eigenvalue weighted by Gasteiger charge is -2.29. The van der Waals surface area contributed by atoms with Gasteiger partial charge in [0.05, 0.1) is 5.92 Å². The van der Waals surface area contributed by atoms with Gasteiger partial charge in [-0.1, -0.05) is 12.5 Å². The third kappa shape index (κ3) is 4.89. The predicted octanol–water partition coefficient (Wildman–Crippen LogP) is 4.39. The first-order valence-corrected chi connectivity index (χ1v) is 9.38. The Morgan fingerprint density at radius 3 is 2.69 bits per heavy atom. The van der Waals surface area contributed by atoms with Gasteiger partial charge in [0, 0.05) is 24.2 Å². The Bertz CT molecular complexity index is 615. The molecule has 3 rings (SSSR count). The first-order chi connectivity index (χ1) is 12.4. The van der Waals surface area contributed by atoms with E-state index in [1.165, 1.54) is 0 Å². The molecule has 1 aromatic heterocycles. The van der Waals surface area contributed by atoms with Gasteiger partial charge in [-0.15, -0.1) is 0 Å². The van der Waals surface area contributed by atoms with Gasteiger partial charge in [0.1, 0.15) is 6.10 Å². The summed E-state index contributed by atoms with van der Waals surface area (Å²) in [6, 6.07) is 3.60. The quantitative estimate of drug-likeness (QED) is 0.836. The highest BCUT2D eigenvalue weighted by atomic mass is 19.4. The Kier molecular flexibility index (Phi) is 6.04. The number of halogens is 3. The molecule has 2 saturated carbocycles. The molecule has 7 heteroatoms. The Morgan fingerprint density at radius 2 is 1.96 bits per heavy atom. The number of hydrogen-bond acceptors (Lipinski definition) is 3. The molecule has 0 unspecified atom stereocenters. The Balaban J connectivity index is 1.56. The van der Waals surface area contributed by atoms with Crippen LogP contribution in [0, 0.1) is 11.8 Å². The van der Waals surface area contributed by atoms with Gasteiger partial charge in [-0.25, -0.2) is 4.98 Å². The van der Waals surface area contributed by atoms with Crippen LogP contribution in [0.25, 0.3) is 0 Å². The van der Waals surface area contributed by atoms with Gasteiger partial charge >= 0.3 is 6.18 Å². The van der Waals surface area contributed by atoms with Crippen LogP contribution in [0.2, 0.25) is 0 Å². The maximum atomic E-state index is 12.9. The van der Waals surface area contributed by atoms with E-state index in [1.807, 2.05) is 6.07 Å². The molecule has 2 aliphatic rings. The number of ether oxygens (including phenoxy) is 1. The minimum atomic E-state index is -4.22. The Hall–Kier alpha value is -1.79. The van der Waals surface area contributed by atoms with Crippen LogP contribution in [0.3, 0.4) is 0 Å². The van der Waals surface area contributed by atoms with Crippen molar-refractivity contribution >= 4 is 5.91 Å². The van der Waals surface area contributed by atoms with Crippen molar-refractivity contribution in [3.8, 4) is 5.88 Å². The number of hydrogen-bond donors (Lipinski definition) is 1. The van der Waals surface area contributed by atoms with E-state index >= 15 is 0 Å². The number of rotatable bonds is 5. The van der Waals surface area contributed by atoms with Crippen LogP contribution in [-0.4, -0.2) is 23.2 Å². The summed E-state index contributed by atoms with van der Waals surface area (Å²) in [5.74, 6) is -1.75. The van der Waals surface area contributed by atoms with E-state index in [0.717, 1.165) is 31.2 Å². The minimum absolute atomic E-state index is 0.117. The van der Waals surface area contributed by atoms with Crippen LogP contribution >= 0.6 is 0 Å². The zero-order chi connectivity index (χ0) is 18.6. The molecule has 1 heterocycles. The first-order valence-electron chi connectivity index (χ1n) is 9.38. The number of nitrogens with one attached hydrogen (secondary N) is 1. The van der Waals surface area contributed by atoms with Crippen LogP contribution in [-0.2, 0) is 11.3 Å². The van der Waals surface area contributed by atoms with Crippen molar-refractivity contribution in [1.82, 2.24) is 10.3 Å². The fraction of sp³-hybridized carbons (Fsp3) is 0.684. The standard InChI is InChI=1S/C19H25F3N2O2/c20-19(21,22)15-7-3-5-13(11-15)17(25)24-12-14-6-4-10-23-18(14)26-16-8-1-2-9-16/h4,6,10,13,15-16H,1-3,5,7-9,11-12H2,(H,24,25)/t13-,15-/m0/s1. The fourth-order valence-electron chi connectivity index (χ4n) is 3.88. The van der Waals surface area contributed by atoms with Crippen LogP contribution in [0.4, 0.5) is 13.2 Å². The van der Waals surface area contributed by atoms with E-state index < -0.39 is 18.0 Å². The summed E-state index contributed by atoms with van der Waals surface area (Å²) in [6.07, 6.45) is 2.83. The molecule has 144 valence electrons. The van der Waals surface area contributed by atoms with Crippen LogP contribution in [0.1, 0.15) is 56.9 Å². The molecule has 1 aromatic rings. The maximum Gasteiger partial charge on any atom is 0.391 e. The van der Waals surface area contributed by atoms with Crippen molar-refractivity contribution in [3.05, 3.63) is 23.9 Å². The van der Waals surface area contributed by atoms with Crippen molar-refractivity contribution < 1.29 is 22.7 Å². The van der Waals surface area contributed by atoms with Crippen molar-refractivity contribution in [1.29, 1.82) is 0 Å². The predicted molar refractivity (Wildman–Crippen MR) is 90.5 cm³/mol. The second kappa shape index (κ2) is 8.27.